The van der Waals surface area contributed by atoms with Crippen LogP contribution in [0, 0.1) is 0 Å². The van der Waals surface area contributed by atoms with Crippen LogP contribution in [0.3, 0.4) is 0 Å². The van der Waals surface area contributed by atoms with Crippen molar-refractivity contribution >= 4 is 27.5 Å². The predicted octanol–water partition coefficient (Wildman–Crippen LogP) is 2.51. The van der Waals surface area contributed by atoms with E-state index in [2.05, 4.69) is 10.4 Å². The normalized spacial score (nSPS) is 12.7. The zero-order valence-corrected chi connectivity index (χ0v) is 19.0. The molecular formula is C23H25N5O4S. The molecule has 0 bridgehead atoms. The van der Waals surface area contributed by atoms with Crippen molar-refractivity contribution < 1.29 is 18.0 Å². The summed E-state index contributed by atoms with van der Waals surface area (Å²) < 4.78 is 24.8. The van der Waals surface area contributed by atoms with Crippen molar-refractivity contribution in [2.24, 2.45) is 10.9 Å². The predicted molar refractivity (Wildman–Crippen MR) is 124 cm³/mol. The molecule has 1 heterocycles. The summed E-state index contributed by atoms with van der Waals surface area (Å²) >= 11 is 0. The highest BCUT2D eigenvalue weighted by Gasteiger charge is 2.28. The van der Waals surface area contributed by atoms with Gasteiger partial charge in [0.05, 0.1) is 16.3 Å². The van der Waals surface area contributed by atoms with E-state index in [1.54, 1.807) is 16.8 Å². The van der Waals surface area contributed by atoms with E-state index in [4.69, 9.17) is 10.9 Å². The number of aromatic nitrogens is 2. The number of primary sulfonamides is 1. The lowest BCUT2D eigenvalue weighted by molar-refractivity contribution is -0.116. The number of nitrogens with two attached hydrogens (primary N) is 2. The lowest BCUT2D eigenvalue weighted by Crippen LogP contribution is -2.15. The quantitative estimate of drug-likeness (QED) is 0.488. The molecule has 1 aliphatic rings. The third-order valence-electron chi connectivity index (χ3n) is 5.68. The second kappa shape index (κ2) is 8.80. The van der Waals surface area contributed by atoms with Crippen molar-refractivity contribution in [2.45, 2.75) is 43.9 Å². The van der Waals surface area contributed by atoms with Gasteiger partial charge in [0, 0.05) is 23.2 Å². The largest absolute Gasteiger partial charge is 0.364 e. The number of amides is 2. The van der Waals surface area contributed by atoms with Gasteiger partial charge in [-0.15, -0.1) is 0 Å². The van der Waals surface area contributed by atoms with Gasteiger partial charge in [0.1, 0.15) is 0 Å². The Morgan fingerprint density at radius 3 is 2.48 bits per heavy atom. The number of aryl methyl sites for hydroxylation is 1. The molecule has 2 amide bonds. The molecule has 3 aromatic rings. The summed E-state index contributed by atoms with van der Waals surface area (Å²) in [6.07, 6.45) is 3.46. The van der Waals surface area contributed by atoms with Crippen LogP contribution < -0.4 is 16.2 Å². The van der Waals surface area contributed by atoms with E-state index in [0.717, 1.165) is 29.5 Å². The Morgan fingerprint density at radius 2 is 1.85 bits per heavy atom. The van der Waals surface area contributed by atoms with Gasteiger partial charge in [-0.2, -0.15) is 5.10 Å². The van der Waals surface area contributed by atoms with Crippen LogP contribution in [0.1, 0.15) is 47.8 Å². The number of hydrogen-bond donors (Lipinski definition) is 3. The molecule has 172 valence electrons. The number of sulfonamides is 1. The van der Waals surface area contributed by atoms with Crippen molar-refractivity contribution in [3.8, 4) is 16.9 Å². The van der Waals surface area contributed by atoms with Crippen LogP contribution in [0.25, 0.3) is 16.9 Å². The van der Waals surface area contributed by atoms with Gasteiger partial charge in [-0.1, -0.05) is 19.4 Å². The molecule has 0 fully saturated rings. The van der Waals surface area contributed by atoms with E-state index in [1.165, 1.54) is 12.1 Å². The van der Waals surface area contributed by atoms with E-state index in [-0.39, 0.29) is 16.5 Å². The molecule has 0 aliphatic heterocycles. The summed E-state index contributed by atoms with van der Waals surface area (Å²) in [4.78, 5) is 24.3. The second-order valence-corrected chi connectivity index (χ2v) is 9.58. The molecule has 4 rings (SSSR count). The van der Waals surface area contributed by atoms with Crippen LogP contribution in [0.4, 0.5) is 5.69 Å². The van der Waals surface area contributed by atoms with E-state index in [1.807, 2.05) is 25.1 Å². The highest BCUT2D eigenvalue weighted by atomic mass is 32.2. The number of hydrogen-bond acceptors (Lipinski definition) is 5. The monoisotopic (exact) mass is 467 g/mol. The molecule has 0 unspecified atom stereocenters. The van der Waals surface area contributed by atoms with Gasteiger partial charge in [-0.25, -0.2) is 18.2 Å². The minimum atomic E-state index is -3.84. The summed E-state index contributed by atoms with van der Waals surface area (Å²) in [7, 11) is -3.84. The smallest absolute Gasteiger partial charge is 0.269 e. The van der Waals surface area contributed by atoms with Crippen LogP contribution in [-0.2, 0) is 27.7 Å². The SMILES string of the molecule is CCCCC(=O)Nc1ccc2c(c1)-c1c(c(C(N)=O)nn1-c1ccc(S(N)(=O)=O)cc1)CC2. The first-order chi connectivity index (χ1) is 15.7. The molecule has 33 heavy (non-hydrogen) atoms. The maximum Gasteiger partial charge on any atom is 0.269 e. The zero-order chi connectivity index (χ0) is 23.8. The maximum absolute atomic E-state index is 12.2. The summed E-state index contributed by atoms with van der Waals surface area (Å²) in [5, 5.41) is 12.6. The van der Waals surface area contributed by atoms with Crippen LogP contribution in [0.15, 0.2) is 47.4 Å². The lowest BCUT2D eigenvalue weighted by atomic mass is 9.88. The Hall–Kier alpha value is -3.50. The van der Waals surface area contributed by atoms with Gasteiger partial charge in [-0.3, -0.25) is 9.59 Å². The van der Waals surface area contributed by atoms with Crippen LogP contribution in [0.2, 0.25) is 0 Å². The zero-order valence-electron chi connectivity index (χ0n) is 18.2. The van der Waals surface area contributed by atoms with Gasteiger partial charge in [0.2, 0.25) is 15.9 Å². The molecule has 0 spiro atoms. The lowest BCUT2D eigenvalue weighted by Gasteiger charge is -2.20. The molecule has 1 aromatic heterocycles. The van der Waals surface area contributed by atoms with E-state index < -0.39 is 15.9 Å². The molecular weight excluding hydrogens is 442 g/mol. The van der Waals surface area contributed by atoms with Gasteiger partial charge in [0.15, 0.2) is 5.69 Å². The number of nitrogens with one attached hydrogen (secondary N) is 1. The average molecular weight is 468 g/mol. The number of primary amides is 1. The topological polar surface area (TPSA) is 150 Å². The van der Waals surface area contributed by atoms with Crippen LogP contribution >= 0.6 is 0 Å². The highest BCUT2D eigenvalue weighted by Crippen LogP contribution is 2.38. The molecule has 0 saturated carbocycles. The Kier molecular flexibility index (Phi) is 6.05. The summed E-state index contributed by atoms with van der Waals surface area (Å²) in [5.74, 6) is -0.698. The Morgan fingerprint density at radius 1 is 1.12 bits per heavy atom. The first-order valence-electron chi connectivity index (χ1n) is 10.7. The number of nitrogens with zero attached hydrogens (tertiary/aromatic N) is 2. The van der Waals surface area contributed by atoms with Crippen LogP contribution in [-0.4, -0.2) is 30.0 Å². The number of fused-ring (bicyclic) bond motifs is 3. The van der Waals surface area contributed by atoms with Crippen molar-refractivity contribution in [1.82, 2.24) is 9.78 Å². The number of unbranched alkanes of at least 4 members (excludes halogenated alkanes) is 1. The fraction of sp³-hybridized carbons (Fsp3) is 0.261. The first kappa shape index (κ1) is 22.7. The van der Waals surface area contributed by atoms with Crippen molar-refractivity contribution in [3.05, 3.63) is 59.3 Å². The van der Waals surface area contributed by atoms with Crippen molar-refractivity contribution in [1.29, 1.82) is 0 Å². The van der Waals surface area contributed by atoms with Gasteiger partial charge >= 0.3 is 0 Å². The molecule has 0 radical (unpaired) electrons. The Balaban J connectivity index is 1.82. The molecule has 9 nitrogen and oxygen atoms in total. The standard InChI is InChI=1S/C23H25N5O4S/c1-2-3-4-20(29)26-15-7-5-14-6-12-18-21(23(24)30)27-28(22(18)19(14)13-15)16-8-10-17(11-9-16)33(25,31)32/h5,7-11,13H,2-4,6,12H2,1H3,(H2,24,30)(H,26,29)(H2,25,31,32). The van der Waals surface area contributed by atoms with Gasteiger partial charge < -0.3 is 11.1 Å². The van der Waals surface area contributed by atoms with Crippen molar-refractivity contribution in [2.75, 3.05) is 5.32 Å². The number of carbonyl (C=O) groups is 2. The number of benzene rings is 2. The minimum absolute atomic E-state index is 0.0279. The maximum atomic E-state index is 12.2. The van der Waals surface area contributed by atoms with E-state index in [9.17, 15) is 18.0 Å². The Bertz CT molecular complexity index is 1340. The molecule has 1 aliphatic carbocycles. The molecule has 0 atom stereocenters. The van der Waals surface area contributed by atoms with E-state index in [0.29, 0.717) is 36.3 Å². The summed E-state index contributed by atoms with van der Waals surface area (Å²) in [5.41, 5.74) is 10.3. The fourth-order valence-corrected chi connectivity index (χ4v) is 4.55. The molecule has 0 saturated heterocycles. The summed E-state index contributed by atoms with van der Waals surface area (Å²) in [6.45, 7) is 2.03. The summed E-state index contributed by atoms with van der Waals surface area (Å²) in [6, 6.07) is 11.6. The average Bonchev–Trinajstić information content (AvgIpc) is 3.18. The molecule has 2 aromatic carbocycles. The van der Waals surface area contributed by atoms with Crippen LogP contribution in [0.5, 0.6) is 0 Å². The van der Waals surface area contributed by atoms with Crippen molar-refractivity contribution in [3.63, 3.8) is 0 Å². The van der Waals surface area contributed by atoms with E-state index >= 15 is 0 Å². The third-order valence-corrected chi connectivity index (χ3v) is 6.61. The van der Waals surface area contributed by atoms with Gasteiger partial charge in [0.25, 0.3) is 5.91 Å². The second-order valence-electron chi connectivity index (χ2n) is 8.01. The third kappa shape index (κ3) is 4.53. The number of anilines is 1. The molecule has 10 heteroatoms. The number of carbonyl (C=O) groups excluding carboxylic acids is 2. The fourth-order valence-electron chi connectivity index (χ4n) is 4.04. The highest BCUT2D eigenvalue weighted by molar-refractivity contribution is 7.89. The minimum Gasteiger partial charge on any atom is -0.364 e. The molecule has 5 N–H and O–H groups in total. The Labute approximate surface area is 191 Å². The first-order valence-corrected chi connectivity index (χ1v) is 12.2. The number of rotatable bonds is 7. The van der Waals surface area contributed by atoms with Gasteiger partial charge in [-0.05, 0) is 61.2 Å².